The van der Waals surface area contributed by atoms with E-state index in [1.807, 2.05) is 48.6 Å². The Morgan fingerprint density at radius 3 is 1.15 bits per heavy atom. The first kappa shape index (κ1) is 16.4. The SMILES string of the molecule is C1=Cc2cc3ccc(cc4nc(cc5ccc(cc1n2)[nH]5)C=C4)[nH]3.N=C=O. The third-order valence-electron chi connectivity index (χ3n) is 4.04. The largest absolute Gasteiger partial charge is 0.355 e. The molecule has 27 heavy (non-hydrogen) atoms. The highest BCUT2D eigenvalue weighted by Crippen LogP contribution is 2.16. The van der Waals surface area contributed by atoms with E-state index in [1.165, 1.54) is 0 Å². The zero-order valence-electron chi connectivity index (χ0n) is 14.2. The van der Waals surface area contributed by atoms with Gasteiger partial charge >= 0.3 is 0 Å². The summed E-state index contributed by atoms with van der Waals surface area (Å²) in [5.74, 6) is 0. The molecule has 5 rings (SSSR count). The number of aromatic nitrogens is 4. The fourth-order valence-electron chi connectivity index (χ4n) is 2.94. The maximum atomic E-state index is 8.35. The molecule has 3 aromatic heterocycles. The number of rotatable bonds is 0. The predicted molar refractivity (Wildman–Crippen MR) is 107 cm³/mol. The Balaban J connectivity index is 0.000000565. The summed E-state index contributed by atoms with van der Waals surface area (Å²) in [5.41, 5.74) is 7.86. The van der Waals surface area contributed by atoms with Crippen LogP contribution in [0.5, 0.6) is 0 Å². The van der Waals surface area contributed by atoms with E-state index in [4.69, 9.17) is 10.2 Å². The van der Waals surface area contributed by atoms with Crippen LogP contribution in [0.3, 0.4) is 0 Å². The van der Waals surface area contributed by atoms with Crippen molar-refractivity contribution in [1.29, 1.82) is 5.41 Å². The lowest BCUT2D eigenvalue weighted by atomic mass is 10.3. The van der Waals surface area contributed by atoms with Gasteiger partial charge in [0.15, 0.2) is 0 Å². The molecule has 2 aliphatic rings. The van der Waals surface area contributed by atoms with E-state index < -0.39 is 0 Å². The van der Waals surface area contributed by atoms with E-state index in [1.54, 1.807) is 0 Å². The second-order valence-corrected chi connectivity index (χ2v) is 6.01. The summed E-state index contributed by atoms with van der Waals surface area (Å²) in [6, 6.07) is 16.4. The standard InChI is InChI=1S/C20H14N4.CHNO/c1-2-14-10-16-5-6-18(23-16)12-20-8-7-19(24-20)11-17-4-3-15(22-17)9-13(1)21-14;2-1-3/h1-12,21,24H;2H. The van der Waals surface area contributed by atoms with Gasteiger partial charge < -0.3 is 9.97 Å². The van der Waals surface area contributed by atoms with Gasteiger partial charge in [0.2, 0.25) is 6.08 Å². The summed E-state index contributed by atoms with van der Waals surface area (Å²) in [7, 11) is 0. The summed E-state index contributed by atoms with van der Waals surface area (Å²) < 4.78 is 0. The highest BCUT2D eigenvalue weighted by molar-refractivity contribution is 5.77. The number of hydrogen-bond acceptors (Lipinski definition) is 4. The Morgan fingerprint density at radius 2 is 0.889 bits per heavy atom. The van der Waals surface area contributed by atoms with Gasteiger partial charge in [-0.15, -0.1) is 0 Å². The Morgan fingerprint density at radius 1 is 0.630 bits per heavy atom. The molecule has 6 nitrogen and oxygen atoms in total. The van der Waals surface area contributed by atoms with Crippen LogP contribution in [0.15, 0.2) is 48.5 Å². The van der Waals surface area contributed by atoms with Crippen molar-refractivity contribution in [2.45, 2.75) is 0 Å². The van der Waals surface area contributed by atoms with Gasteiger partial charge in [0.05, 0.1) is 22.8 Å². The van der Waals surface area contributed by atoms with Gasteiger partial charge in [-0.2, -0.15) is 0 Å². The van der Waals surface area contributed by atoms with Crippen molar-refractivity contribution in [3.05, 3.63) is 71.3 Å². The summed E-state index contributed by atoms with van der Waals surface area (Å²) in [6.45, 7) is 0. The van der Waals surface area contributed by atoms with Gasteiger partial charge in [-0.05, 0) is 72.8 Å². The van der Waals surface area contributed by atoms with Gasteiger partial charge in [0.1, 0.15) is 0 Å². The summed E-state index contributed by atoms with van der Waals surface area (Å²) in [6.07, 6.45) is 8.84. The Labute approximate surface area is 154 Å². The Bertz CT molecular complexity index is 1080. The maximum absolute atomic E-state index is 8.35. The van der Waals surface area contributed by atoms with Crippen LogP contribution in [-0.4, -0.2) is 26.0 Å². The molecular formula is C21H15N5O. The quantitative estimate of drug-likeness (QED) is 0.281. The molecular weight excluding hydrogens is 338 g/mol. The lowest BCUT2D eigenvalue weighted by Crippen LogP contribution is -1.75. The second kappa shape index (κ2) is 7.07. The average Bonchev–Trinajstić information content (AvgIpc) is 3.41. The molecule has 0 amide bonds. The van der Waals surface area contributed by atoms with E-state index in [0.717, 1.165) is 50.9 Å². The number of H-pyrrole nitrogens is 2. The number of carbonyl (C=O) groups excluding carboxylic acids is 1. The zero-order chi connectivity index (χ0) is 18.6. The maximum Gasteiger partial charge on any atom is 0.231 e. The van der Waals surface area contributed by atoms with Crippen molar-refractivity contribution in [2.75, 3.05) is 0 Å². The lowest BCUT2D eigenvalue weighted by Gasteiger charge is -1.85. The number of fused-ring (bicyclic) bond motifs is 8. The summed E-state index contributed by atoms with van der Waals surface area (Å²) in [5, 5.41) is 5.40. The van der Waals surface area contributed by atoms with Gasteiger partial charge in [0, 0.05) is 22.1 Å². The van der Waals surface area contributed by atoms with E-state index in [9.17, 15) is 0 Å². The van der Waals surface area contributed by atoms with Crippen LogP contribution < -0.4 is 0 Å². The number of aromatic amines is 2. The molecule has 2 aliphatic heterocycles. The predicted octanol–water partition coefficient (Wildman–Crippen LogP) is 4.56. The zero-order valence-corrected chi connectivity index (χ0v) is 14.2. The molecule has 0 spiro atoms. The van der Waals surface area contributed by atoms with Crippen LogP contribution in [-0.2, 0) is 4.79 Å². The Hall–Kier alpha value is -4.02. The van der Waals surface area contributed by atoms with Crippen LogP contribution >= 0.6 is 0 Å². The number of nitrogens with zero attached hydrogens (tertiary/aromatic N) is 2. The van der Waals surface area contributed by atoms with Crippen molar-refractivity contribution in [3.63, 3.8) is 0 Å². The van der Waals surface area contributed by atoms with Crippen LogP contribution in [0, 0.1) is 5.41 Å². The van der Waals surface area contributed by atoms with Crippen molar-refractivity contribution < 1.29 is 4.79 Å². The fraction of sp³-hybridized carbons (Fsp3) is 0. The first-order chi connectivity index (χ1) is 13.2. The molecule has 0 atom stereocenters. The van der Waals surface area contributed by atoms with E-state index in [2.05, 4.69) is 44.2 Å². The smallest absolute Gasteiger partial charge is 0.231 e. The van der Waals surface area contributed by atoms with Crippen molar-refractivity contribution in [1.82, 2.24) is 19.9 Å². The highest BCUT2D eigenvalue weighted by Gasteiger charge is 2.00. The van der Waals surface area contributed by atoms with Crippen LogP contribution in [0.25, 0.3) is 46.4 Å². The van der Waals surface area contributed by atoms with Gasteiger partial charge in [-0.3, -0.25) is 0 Å². The monoisotopic (exact) mass is 353 g/mol. The minimum Gasteiger partial charge on any atom is -0.355 e. The highest BCUT2D eigenvalue weighted by atomic mass is 16.1. The minimum absolute atomic E-state index is 0.750. The van der Waals surface area contributed by atoms with Crippen molar-refractivity contribution in [2.24, 2.45) is 0 Å². The number of nitrogens with one attached hydrogen (secondary N) is 3. The first-order valence-corrected chi connectivity index (χ1v) is 8.30. The van der Waals surface area contributed by atoms with Gasteiger partial charge in [-0.1, -0.05) is 0 Å². The molecule has 0 aliphatic carbocycles. The first-order valence-electron chi connectivity index (χ1n) is 8.30. The molecule has 3 N–H and O–H groups in total. The minimum atomic E-state index is 0.750. The molecule has 0 saturated heterocycles. The van der Waals surface area contributed by atoms with E-state index >= 15 is 0 Å². The van der Waals surface area contributed by atoms with E-state index in [0.29, 0.717) is 0 Å². The van der Waals surface area contributed by atoms with Crippen LogP contribution in [0.2, 0.25) is 0 Å². The van der Waals surface area contributed by atoms with Gasteiger partial charge in [0.25, 0.3) is 0 Å². The molecule has 0 aromatic carbocycles. The Kier molecular flexibility index (Phi) is 4.31. The summed E-state index contributed by atoms with van der Waals surface area (Å²) >= 11 is 0. The molecule has 130 valence electrons. The molecule has 0 radical (unpaired) electrons. The van der Waals surface area contributed by atoms with E-state index in [-0.39, 0.29) is 0 Å². The van der Waals surface area contributed by atoms with Crippen LogP contribution in [0.4, 0.5) is 0 Å². The normalized spacial score (nSPS) is 11.6. The number of isocyanates is 1. The third kappa shape index (κ3) is 3.81. The number of hydrogen-bond donors (Lipinski definition) is 3. The average molecular weight is 353 g/mol. The summed E-state index contributed by atoms with van der Waals surface area (Å²) in [4.78, 5) is 24.4. The third-order valence-corrected chi connectivity index (χ3v) is 4.04. The van der Waals surface area contributed by atoms with Crippen molar-refractivity contribution >= 4 is 52.5 Å². The molecule has 0 fully saturated rings. The molecule has 5 heterocycles. The molecule has 0 saturated carbocycles. The molecule has 3 aromatic rings. The van der Waals surface area contributed by atoms with Gasteiger partial charge in [-0.25, -0.2) is 20.2 Å². The molecule has 0 unspecified atom stereocenters. The van der Waals surface area contributed by atoms with Crippen LogP contribution in [0.1, 0.15) is 22.8 Å². The second-order valence-electron chi connectivity index (χ2n) is 6.01. The topological polar surface area (TPSA) is 98.3 Å². The van der Waals surface area contributed by atoms with Crippen molar-refractivity contribution in [3.8, 4) is 0 Å². The molecule has 8 bridgehead atoms. The fourth-order valence-corrected chi connectivity index (χ4v) is 2.94. The lowest BCUT2D eigenvalue weighted by molar-refractivity contribution is 0.563. The molecule has 6 heteroatoms.